The van der Waals surface area contributed by atoms with Crippen LogP contribution in [-0.4, -0.2) is 76.9 Å². The number of carbonyl (C=O) groups excluding carboxylic acids is 4. The highest BCUT2D eigenvalue weighted by molar-refractivity contribution is 7.80. The molecule has 7 N–H and O–H groups in total. The van der Waals surface area contributed by atoms with Crippen LogP contribution in [0, 0.1) is 0 Å². The lowest BCUT2D eigenvalue weighted by Crippen LogP contribution is -2.58. The number of carboxylic acids is 1. The molecule has 4 unspecified atom stereocenters. The Bertz CT molecular complexity index is 614. The Kier molecular flexibility index (Phi) is 10.1. The van der Waals surface area contributed by atoms with Gasteiger partial charge in [0.1, 0.15) is 18.1 Å². The molecule has 158 valence electrons. The highest BCUT2D eigenvalue weighted by Gasteiger charge is 2.31. The number of nitrogens with two attached hydrogens (primary N) is 1. The third kappa shape index (κ3) is 7.56. The number of primary amides is 1. The number of hydrogen-bond acceptors (Lipinski definition) is 8. The van der Waals surface area contributed by atoms with Gasteiger partial charge < -0.3 is 32.1 Å². The van der Waals surface area contributed by atoms with Gasteiger partial charge in [-0.25, -0.2) is 4.79 Å². The van der Waals surface area contributed by atoms with E-state index in [2.05, 4.69) is 46.5 Å². The molecule has 28 heavy (non-hydrogen) atoms. The summed E-state index contributed by atoms with van der Waals surface area (Å²) in [7, 11) is 0. The topological polar surface area (TPSA) is 180 Å². The summed E-state index contributed by atoms with van der Waals surface area (Å²) in [6.45, 7) is 0.669. The van der Waals surface area contributed by atoms with Crippen LogP contribution in [0.15, 0.2) is 0 Å². The largest absolute Gasteiger partial charge is 0.480 e. The van der Waals surface area contributed by atoms with Crippen molar-refractivity contribution in [2.45, 2.75) is 43.4 Å². The fourth-order valence-corrected chi connectivity index (χ4v) is 3.02. The second-order valence-corrected chi connectivity index (χ2v) is 6.94. The predicted molar refractivity (Wildman–Crippen MR) is 106 cm³/mol. The Morgan fingerprint density at radius 1 is 1.00 bits per heavy atom. The smallest absolute Gasteiger partial charge is 0.327 e. The molecule has 0 aromatic rings. The standard InChI is InChI=1S/C15H25N5O6S2/c16-11(21)4-8(18-12(22)7-2-1-3-17-7)13(23)19-9(5-27)14(24)20-10(6-28)15(25)26/h7-10,17,27-28H,1-6H2,(H2,16,21)(H,18,22)(H,19,23)(H,20,24)(H,25,26). The third-order valence-corrected chi connectivity index (χ3v) is 4.76. The molecule has 1 aliphatic heterocycles. The molecule has 1 fully saturated rings. The molecule has 1 saturated heterocycles. The van der Waals surface area contributed by atoms with Gasteiger partial charge in [-0.15, -0.1) is 0 Å². The average molecular weight is 436 g/mol. The molecule has 1 heterocycles. The fourth-order valence-electron chi connectivity index (χ4n) is 2.52. The average Bonchev–Trinajstić information content (AvgIpc) is 3.17. The van der Waals surface area contributed by atoms with Gasteiger partial charge in [-0.1, -0.05) is 0 Å². The molecular formula is C15H25N5O6S2. The molecule has 11 nitrogen and oxygen atoms in total. The van der Waals surface area contributed by atoms with Gasteiger partial charge in [-0.3, -0.25) is 19.2 Å². The Morgan fingerprint density at radius 3 is 2.04 bits per heavy atom. The highest BCUT2D eigenvalue weighted by Crippen LogP contribution is 2.06. The molecule has 0 aliphatic carbocycles. The molecule has 0 aromatic heterocycles. The number of amides is 4. The van der Waals surface area contributed by atoms with E-state index in [4.69, 9.17) is 10.8 Å². The van der Waals surface area contributed by atoms with Crippen molar-refractivity contribution in [3.8, 4) is 0 Å². The van der Waals surface area contributed by atoms with E-state index in [1.165, 1.54) is 0 Å². The van der Waals surface area contributed by atoms with Crippen molar-refractivity contribution in [3.05, 3.63) is 0 Å². The zero-order valence-corrected chi connectivity index (χ0v) is 16.8. The number of rotatable bonds is 11. The molecule has 0 spiro atoms. The molecule has 13 heteroatoms. The maximum atomic E-state index is 12.5. The van der Waals surface area contributed by atoms with Crippen molar-refractivity contribution < 1.29 is 29.1 Å². The Labute approximate surface area is 172 Å². The van der Waals surface area contributed by atoms with Gasteiger partial charge in [0.25, 0.3) is 0 Å². The minimum Gasteiger partial charge on any atom is -0.480 e. The number of thiol groups is 2. The first-order valence-electron chi connectivity index (χ1n) is 8.56. The van der Waals surface area contributed by atoms with E-state index >= 15 is 0 Å². The Hall–Kier alpha value is -1.99. The number of hydrogen-bond donors (Lipinski definition) is 8. The van der Waals surface area contributed by atoms with Crippen LogP contribution in [0.1, 0.15) is 19.3 Å². The lowest BCUT2D eigenvalue weighted by atomic mass is 10.1. The zero-order valence-electron chi connectivity index (χ0n) is 15.0. The van der Waals surface area contributed by atoms with Gasteiger partial charge in [0.2, 0.25) is 23.6 Å². The van der Waals surface area contributed by atoms with Crippen LogP contribution in [0.4, 0.5) is 0 Å². The first kappa shape index (κ1) is 24.0. The van der Waals surface area contributed by atoms with Gasteiger partial charge in [-0.05, 0) is 19.4 Å². The van der Waals surface area contributed by atoms with Crippen LogP contribution in [0.2, 0.25) is 0 Å². The van der Waals surface area contributed by atoms with E-state index in [0.29, 0.717) is 13.0 Å². The summed E-state index contributed by atoms with van der Waals surface area (Å²) in [4.78, 5) is 59.2. The Balaban J connectivity index is 2.76. The lowest BCUT2D eigenvalue weighted by Gasteiger charge is -2.23. The van der Waals surface area contributed by atoms with Gasteiger partial charge in [0.15, 0.2) is 0 Å². The monoisotopic (exact) mass is 435 g/mol. The molecule has 0 aromatic carbocycles. The SMILES string of the molecule is NC(=O)CC(NC(=O)C1CCCN1)C(=O)NC(CS)C(=O)NC(CS)C(=O)O. The van der Waals surface area contributed by atoms with Gasteiger partial charge in [-0.2, -0.15) is 25.3 Å². The summed E-state index contributed by atoms with van der Waals surface area (Å²) in [5.41, 5.74) is 5.15. The quantitative estimate of drug-likeness (QED) is 0.159. The lowest BCUT2D eigenvalue weighted by molar-refractivity contribution is -0.141. The summed E-state index contributed by atoms with van der Waals surface area (Å²) in [6.07, 6.45) is 0.945. The normalized spacial score (nSPS) is 19.1. The molecule has 1 rings (SSSR count). The van der Waals surface area contributed by atoms with Crippen molar-refractivity contribution in [1.82, 2.24) is 21.3 Å². The Morgan fingerprint density at radius 2 is 1.57 bits per heavy atom. The van der Waals surface area contributed by atoms with Crippen LogP contribution in [0.25, 0.3) is 0 Å². The predicted octanol–water partition coefficient (Wildman–Crippen LogP) is -2.99. The minimum absolute atomic E-state index is 0.141. The fraction of sp³-hybridized carbons (Fsp3) is 0.667. The van der Waals surface area contributed by atoms with Crippen LogP contribution in [0.5, 0.6) is 0 Å². The van der Waals surface area contributed by atoms with Crippen molar-refractivity contribution in [3.63, 3.8) is 0 Å². The highest BCUT2D eigenvalue weighted by atomic mass is 32.1. The number of carbonyl (C=O) groups is 5. The first-order valence-corrected chi connectivity index (χ1v) is 9.83. The van der Waals surface area contributed by atoms with Crippen molar-refractivity contribution >= 4 is 54.9 Å². The molecular weight excluding hydrogens is 410 g/mol. The van der Waals surface area contributed by atoms with Gasteiger partial charge in [0, 0.05) is 11.5 Å². The van der Waals surface area contributed by atoms with E-state index in [9.17, 15) is 24.0 Å². The number of carboxylic acid groups (broad SMARTS) is 1. The van der Waals surface area contributed by atoms with Crippen LogP contribution in [-0.2, 0) is 24.0 Å². The third-order valence-electron chi connectivity index (χ3n) is 4.03. The molecule has 0 saturated carbocycles. The van der Waals surface area contributed by atoms with Crippen LogP contribution < -0.4 is 27.0 Å². The maximum absolute atomic E-state index is 12.5. The van der Waals surface area contributed by atoms with Gasteiger partial charge >= 0.3 is 5.97 Å². The van der Waals surface area contributed by atoms with Crippen LogP contribution in [0.3, 0.4) is 0 Å². The van der Waals surface area contributed by atoms with Crippen molar-refractivity contribution in [1.29, 1.82) is 0 Å². The molecule has 4 atom stereocenters. The van der Waals surface area contributed by atoms with E-state index in [-0.39, 0.29) is 11.5 Å². The van der Waals surface area contributed by atoms with E-state index in [1.807, 2.05) is 0 Å². The number of aliphatic carboxylic acids is 1. The zero-order chi connectivity index (χ0) is 21.3. The van der Waals surface area contributed by atoms with Crippen molar-refractivity contribution in [2.24, 2.45) is 5.73 Å². The summed E-state index contributed by atoms with van der Waals surface area (Å²) in [6, 6.07) is -4.18. The van der Waals surface area contributed by atoms with E-state index < -0.39 is 60.2 Å². The van der Waals surface area contributed by atoms with Crippen LogP contribution >= 0.6 is 25.3 Å². The van der Waals surface area contributed by atoms with Gasteiger partial charge in [0.05, 0.1) is 12.5 Å². The maximum Gasteiger partial charge on any atom is 0.327 e. The second-order valence-electron chi connectivity index (χ2n) is 6.21. The summed E-state index contributed by atoms with van der Waals surface area (Å²) >= 11 is 7.82. The minimum atomic E-state index is -1.28. The van der Waals surface area contributed by atoms with E-state index in [1.54, 1.807) is 0 Å². The molecule has 4 amide bonds. The first-order chi connectivity index (χ1) is 13.2. The molecule has 1 aliphatic rings. The van der Waals surface area contributed by atoms with E-state index in [0.717, 1.165) is 6.42 Å². The molecule has 0 bridgehead atoms. The summed E-state index contributed by atoms with van der Waals surface area (Å²) in [5.74, 6) is -4.43. The number of nitrogens with one attached hydrogen (secondary N) is 4. The van der Waals surface area contributed by atoms with Crippen molar-refractivity contribution in [2.75, 3.05) is 18.1 Å². The summed E-state index contributed by atoms with van der Waals surface area (Å²) < 4.78 is 0. The second kappa shape index (κ2) is 11.8. The molecule has 0 radical (unpaired) electrons. The summed E-state index contributed by atoms with van der Waals surface area (Å²) in [5, 5.41) is 19.0.